The highest BCUT2D eigenvalue weighted by atomic mass is 16.5. The van der Waals surface area contributed by atoms with E-state index in [1.165, 1.54) is 0 Å². The molecule has 1 aliphatic rings. The zero-order chi connectivity index (χ0) is 16.4. The highest BCUT2D eigenvalue weighted by Crippen LogP contribution is 2.21. The number of fused-ring (bicyclic) bond motifs is 1. The Bertz CT molecular complexity index is 825. The molecule has 7 heteroatoms. The third kappa shape index (κ3) is 2.94. The summed E-state index contributed by atoms with van der Waals surface area (Å²) in [5, 5.41) is 8.37. The molecule has 0 unspecified atom stereocenters. The van der Waals surface area contributed by atoms with Crippen molar-refractivity contribution >= 4 is 11.2 Å². The smallest absolute Gasteiger partial charge is 0.187 e. The van der Waals surface area contributed by atoms with Gasteiger partial charge in [0, 0.05) is 19.6 Å². The molecule has 0 radical (unpaired) electrons. The van der Waals surface area contributed by atoms with Crippen LogP contribution in [0.2, 0.25) is 0 Å². The van der Waals surface area contributed by atoms with Gasteiger partial charge in [-0.1, -0.05) is 5.21 Å². The highest BCUT2D eigenvalue weighted by molar-refractivity contribution is 5.70. The van der Waals surface area contributed by atoms with Crippen molar-refractivity contribution in [3.8, 4) is 11.4 Å². The summed E-state index contributed by atoms with van der Waals surface area (Å²) in [6.07, 6.45) is 4.76. The number of rotatable bonds is 4. The second kappa shape index (κ2) is 6.52. The molecule has 124 valence electrons. The molecular formula is C17H19N5O2. The Labute approximate surface area is 139 Å². The Hall–Kier alpha value is -2.54. The lowest BCUT2D eigenvalue weighted by atomic mass is 9.96. The summed E-state index contributed by atoms with van der Waals surface area (Å²) in [5.41, 5.74) is 2.33. The Balaban J connectivity index is 1.64. The quantitative estimate of drug-likeness (QED) is 0.732. The maximum Gasteiger partial charge on any atom is 0.187 e. The van der Waals surface area contributed by atoms with E-state index in [2.05, 4.69) is 15.3 Å². The lowest BCUT2D eigenvalue weighted by Crippen LogP contribution is -2.18. The van der Waals surface area contributed by atoms with Crippen LogP contribution in [-0.4, -0.2) is 45.3 Å². The average Bonchev–Trinajstić information content (AvgIpc) is 3.06. The number of methoxy groups -OCH3 is 1. The van der Waals surface area contributed by atoms with Gasteiger partial charge in [0.1, 0.15) is 11.6 Å². The molecule has 0 bridgehead atoms. The van der Waals surface area contributed by atoms with Gasteiger partial charge in [-0.25, -0.2) is 9.97 Å². The molecule has 0 aliphatic carbocycles. The van der Waals surface area contributed by atoms with Crippen molar-refractivity contribution in [2.45, 2.75) is 19.3 Å². The maximum atomic E-state index is 5.42. The van der Waals surface area contributed by atoms with E-state index in [-0.39, 0.29) is 0 Å². The first-order chi connectivity index (χ1) is 11.8. The Morgan fingerprint density at radius 3 is 2.75 bits per heavy atom. The zero-order valence-electron chi connectivity index (χ0n) is 13.6. The fraction of sp³-hybridized carbons (Fsp3) is 0.412. The third-order valence-electron chi connectivity index (χ3n) is 4.37. The summed E-state index contributed by atoms with van der Waals surface area (Å²) in [6, 6.07) is 7.67. The molecule has 4 rings (SSSR count). The fourth-order valence-corrected chi connectivity index (χ4v) is 2.97. The SMILES string of the molecule is COc1ccc(-n2nnc3cnc(CC4CCOCC4)nc32)cc1. The van der Waals surface area contributed by atoms with Crippen molar-refractivity contribution in [2.75, 3.05) is 20.3 Å². The molecule has 1 fully saturated rings. The number of nitrogens with zero attached hydrogens (tertiary/aromatic N) is 5. The van der Waals surface area contributed by atoms with E-state index in [1.54, 1.807) is 18.0 Å². The maximum absolute atomic E-state index is 5.42. The van der Waals surface area contributed by atoms with Gasteiger partial charge >= 0.3 is 0 Å². The largest absolute Gasteiger partial charge is 0.497 e. The first kappa shape index (κ1) is 15.0. The van der Waals surface area contributed by atoms with Gasteiger partial charge in [-0.15, -0.1) is 5.10 Å². The van der Waals surface area contributed by atoms with E-state index in [4.69, 9.17) is 14.5 Å². The van der Waals surface area contributed by atoms with Gasteiger partial charge < -0.3 is 9.47 Å². The molecule has 2 aromatic heterocycles. The molecule has 0 spiro atoms. The van der Waals surface area contributed by atoms with Crippen molar-refractivity contribution in [2.24, 2.45) is 5.92 Å². The number of hydrogen-bond donors (Lipinski definition) is 0. The van der Waals surface area contributed by atoms with E-state index < -0.39 is 0 Å². The molecule has 3 aromatic rings. The molecule has 1 aromatic carbocycles. The van der Waals surface area contributed by atoms with Crippen LogP contribution in [0.1, 0.15) is 18.7 Å². The first-order valence-corrected chi connectivity index (χ1v) is 8.13. The van der Waals surface area contributed by atoms with Crippen LogP contribution < -0.4 is 4.74 Å². The summed E-state index contributed by atoms with van der Waals surface area (Å²) in [6.45, 7) is 1.66. The van der Waals surface area contributed by atoms with E-state index in [9.17, 15) is 0 Å². The predicted molar refractivity (Wildman–Crippen MR) is 88.3 cm³/mol. The van der Waals surface area contributed by atoms with Crippen LogP contribution in [0.25, 0.3) is 16.9 Å². The number of hydrogen-bond acceptors (Lipinski definition) is 6. The second-order valence-corrected chi connectivity index (χ2v) is 5.95. The zero-order valence-corrected chi connectivity index (χ0v) is 13.6. The first-order valence-electron chi connectivity index (χ1n) is 8.13. The standard InChI is InChI=1S/C17H19N5O2/c1-23-14-4-2-13(3-5-14)22-17-15(20-21-22)11-18-16(19-17)10-12-6-8-24-9-7-12/h2-5,11-12H,6-10H2,1H3. The lowest BCUT2D eigenvalue weighted by molar-refractivity contribution is 0.0660. The van der Waals surface area contributed by atoms with Gasteiger partial charge in [0.2, 0.25) is 0 Å². The van der Waals surface area contributed by atoms with E-state index >= 15 is 0 Å². The van der Waals surface area contributed by atoms with Crippen LogP contribution in [-0.2, 0) is 11.2 Å². The molecule has 3 heterocycles. The van der Waals surface area contributed by atoms with Gasteiger partial charge in [-0.05, 0) is 43.0 Å². The van der Waals surface area contributed by atoms with Crippen LogP contribution in [0, 0.1) is 5.92 Å². The summed E-state index contributed by atoms with van der Waals surface area (Å²) in [7, 11) is 1.65. The lowest BCUT2D eigenvalue weighted by Gasteiger charge is -2.20. The second-order valence-electron chi connectivity index (χ2n) is 5.95. The topological polar surface area (TPSA) is 75.0 Å². The average molecular weight is 325 g/mol. The predicted octanol–water partition coefficient (Wildman–Crippen LogP) is 2.19. The molecule has 1 saturated heterocycles. The molecule has 0 saturated carbocycles. The van der Waals surface area contributed by atoms with Crippen molar-refractivity contribution < 1.29 is 9.47 Å². The minimum Gasteiger partial charge on any atom is -0.497 e. The van der Waals surface area contributed by atoms with Crippen LogP contribution >= 0.6 is 0 Å². The van der Waals surface area contributed by atoms with Gasteiger partial charge in [-0.2, -0.15) is 4.68 Å². The highest BCUT2D eigenvalue weighted by Gasteiger charge is 2.17. The van der Waals surface area contributed by atoms with Crippen LogP contribution in [0.15, 0.2) is 30.5 Å². The molecule has 7 nitrogen and oxygen atoms in total. The van der Waals surface area contributed by atoms with E-state index in [1.807, 2.05) is 24.3 Å². The van der Waals surface area contributed by atoms with E-state index in [0.717, 1.165) is 55.4 Å². The van der Waals surface area contributed by atoms with Crippen molar-refractivity contribution in [3.63, 3.8) is 0 Å². The Morgan fingerprint density at radius 2 is 2.00 bits per heavy atom. The van der Waals surface area contributed by atoms with Crippen molar-refractivity contribution in [3.05, 3.63) is 36.3 Å². The van der Waals surface area contributed by atoms with Gasteiger partial charge in [-0.3, -0.25) is 0 Å². The van der Waals surface area contributed by atoms with Crippen LogP contribution in [0.4, 0.5) is 0 Å². The third-order valence-corrected chi connectivity index (χ3v) is 4.37. The molecule has 0 N–H and O–H groups in total. The summed E-state index contributed by atoms with van der Waals surface area (Å²) < 4.78 is 12.4. The number of aromatic nitrogens is 5. The van der Waals surface area contributed by atoms with Crippen LogP contribution in [0.3, 0.4) is 0 Å². The number of ether oxygens (including phenoxy) is 2. The minimum atomic E-state index is 0.585. The van der Waals surface area contributed by atoms with Gasteiger partial charge in [0.25, 0.3) is 0 Å². The summed E-state index contributed by atoms with van der Waals surface area (Å²) in [4.78, 5) is 9.15. The Morgan fingerprint density at radius 1 is 1.21 bits per heavy atom. The molecule has 24 heavy (non-hydrogen) atoms. The molecule has 0 amide bonds. The summed E-state index contributed by atoms with van der Waals surface area (Å²) >= 11 is 0. The number of benzene rings is 1. The van der Waals surface area contributed by atoms with Gasteiger partial charge in [0.15, 0.2) is 11.2 Å². The summed E-state index contributed by atoms with van der Waals surface area (Å²) in [5.74, 6) is 2.23. The fourth-order valence-electron chi connectivity index (χ4n) is 2.97. The Kier molecular flexibility index (Phi) is 4.08. The van der Waals surface area contributed by atoms with Crippen molar-refractivity contribution in [1.82, 2.24) is 25.0 Å². The monoisotopic (exact) mass is 325 g/mol. The molecular weight excluding hydrogens is 306 g/mol. The van der Waals surface area contributed by atoms with Crippen LogP contribution in [0.5, 0.6) is 5.75 Å². The normalized spacial score (nSPS) is 15.7. The van der Waals surface area contributed by atoms with Gasteiger partial charge in [0.05, 0.1) is 19.0 Å². The molecule has 1 aliphatic heterocycles. The minimum absolute atomic E-state index is 0.585. The van der Waals surface area contributed by atoms with E-state index in [0.29, 0.717) is 11.4 Å². The van der Waals surface area contributed by atoms with Crippen molar-refractivity contribution in [1.29, 1.82) is 0 Å². The molecule has 0 atom stereocenters.